The molecule has 2 aromatic heterocycles. The van der Waals surface area contributed by atoms with Crippen LogP contribution in [0.2, 0.25) is 5.15 Å². The smallest absolute Gasteiger partial charge is 0.340 e. The summed E-state index contributed by atoms with van der Waals surface area (Å²) in [5.74, 6) is -0.749. The van der Waals surface area contributed by atoms with Crippen molar-refractivity contribution in [2.45, 2.75) is 19.8 Å². The van der Waals surface area contributed by atoms with Crippen LogP contribution < -0.4 is 0 Å². The first kappa shape index (κ1) is 13.6. The monoisotopic (exact) mass is 304 g/mol. The molecule has 3 aromatic rings. The van der Waals surface area contributed by atoms with Gasteiger partial charge in [-0.1, -0.05) is 37.6 Å². The molecule has 1 aromatic carbocycles. The summed E-state index contributed by atoms with van der Waals surface area (Å²) in [5.41, 5.74) is 2.06. The van der Waals surface area contributed by atoms with Crippen molar-refractivity contribution in [2.75, 3.05) is 0 Å². The Bertz CT molecular complexity index is 802. The van der Waals surface area contributed by atoms with Gasteiger partial charge in [0.1, 0.15) is 5.56 Å². The second-order valence-electron chi connectivity index (χ2n) is 5.00. The topological polar surface area (TPSA) is 83.8 Å². The molecule has 0 aliphatic rings. The second kappa shape index (κ2) is 4.89. The van der Waals surface area contributed by atoms with Crippen molar-refractivity contribution in [2.24, 2.45) is 0 Å². The first-order valence-electron chi connectivity index (χ1n) is 6.46. The van der Waals surface area contributed by atoms with E-state index in [2.05, 4.69) is 15.1 Å². The number of nitrogens with zero attached hydrogens (tertiary/aromatic N) is 3. The number of carboxylic acids is 1. The zero-order chi connectivity index (χ0) is 15.1. The van der Waals surface area contributed by atoms with Gasteiger partial charge in [-0.25, -0.2) is 9.78 Å². The second-order valence-corrected chi connectivity index (χ2v) is 5.36. The average molecular weight is 305 g/mol. The summed E-state index contributed by atoms with van der Waals surface area (Å²) in [7, 11) is 0. The number of rotatable bonds is 3. The minimum Gasteiger partial charge on any atom is -0.478 e. The quantitative estimate of drug-likeness (QED) is 0.778. The van der Waals surface area contributed by atoms with Gasteiger partial charge in [-0.3, -0.25) is 0 Å². The summed E-state index contributed by atoms with van der Waals surface area (Å²) in [6.45, 7) is 3.74. The number of imidazole rings is 1. The van der Waals surface area contributed by atoms with Crippen molar-refractivity contribution in [1.29, 1.82) is 0 Å². The Morgan fingerprint density at radius 3 is 2.67 bits per heavy atom. The Labute approximate surface area is 125 Å². The number of aromatic amines is 1. The Morgan fingerprint density at radius 1 is 1.38 bits per heavy atom. The fourth-order valence-corrected chi connectivity index (χ4v) is 2.49. The molecule has 108 valence electrons. The number of halogens is 1. The van der Waals surface area contributed by atoms with E-state index in [1.54, 1.807) is 0 Å². The minimum absolute atomic E-state index is 0.0205. The molecule has 21 heavy (non-hydrogen) atoms. The maximum absolute atomic E-state index is 11.4. The third-order valence-corrected chi connectivity index (χ3v) is 3.54. The van der Waals surface area contributed by atoms with Crippen LogP contribution in [0, 0.1) is 0 Å². The first-order valence-corrected chi connectivity index (χ1v) is 6.83. The molecule has 2 N–H and O–H groups in total. The summed E-state index contributed by atoms with van der Waals surface area (Å²) in [5, 5.41) is 13.7. The lowest BCUT2D eigenvalue weighted by Gasteiger charge is -2.00. The van der Waals surface area contributed by atoms with E-state index in [4.69, 9.17) is 11.6 Å². The SMILES string of the molecule is CC(C)c1nn(-c2nc3ccccc3[nH]2)c(Cl)c1C(=O)O. The van der Waals surface area contributed by atoms with E-state index in [-0.39, 0.29) is 16.6 Å². The van der Waals surface area contributed by atoms with E-state index < -0.39 is 5.97 Å². The van der Waals surface area contributed by atoms with Crippen molar-refractivity contribution in [3.05, 3.63) is 40.7 Å². The van der Waals surface area contributed by atoms with E-state index in [1.165, 1.54) is 4.68 Å². The van der Waals surface area contributed by atoms with Gasteiger partial charge in [0, 0.05) is 0 Å². The zero-order valence-electron chi connectivity index (χ0n) is 11.5. The molecule has 0 spiro atoms. The molecular formula is C14H13ClN4O2. The Kier molecular flexibility index (Phi) is 3.17. The van der Waals surface area contributed by atoms with E-state index in [0.29, 0.717) is 11.6 Å². The molecule has 6 nitrogen and oxygen atoms in total. The highest BCUT2D eigenvalue weighted by atomic mass is 35.5. The number of aromatic carboxylic acids is 1. The van der Waals surface area contributed by atoms with Gasteiger partial charge < -0.3 is 10.1 Å². The number of carbonyl (C=O) groups is 1. The van der Waals surface area contributed by atoms with Crippen LogP contribution in [0.1, 0.15) is 35.8 Å². The molecule has 0 amide bonds. The van der Waals surface area contributed by atoms with Gasteiger partial charge in [-0.05, 0) is 18.1 Å². The van der Waals surface area contributed by atoms with Crippen LogP contribution in [-0.2, 0) is 0 Å². The van der Waals surface area contributed by atoms with Gasteiger partial charge >= 0.3 is 5.97 Å². The van der Waals surface area contributed by atoms with Crippen LogP contribution in [0.3, 0.4) is 0 Å². The fourth-order valence-electron chi connectivity index (χ4n) is 2.20. The maximum Gasteiger partial charge on any atom is 0.340 e. The summed E-state index contributed by atoms with van der Waals surface area (Å²) >= 11 is 6.19. The number of para-hydroxylation sites is 2. The highest BCUT2D eigenvalue weighted by molar-refractivity contribution is 6.32. The van der Waals surface area contributed by atoms with Crippen molar-refractivity contribution < 1.29 is 9.90 Å². The Morgan fingerprint density at radius 2 is 2.10 bits per heavy atom. The summed E-state index contributed by atoms with van der Waals surface area (Å²) in [4.78, 5) is 18.9. The lowest BCUT2D eigenvalue weighted by Crippen LogP contribution is -2.01. The first-order chi connectivity index (χ1) is 9.99. The Balaban J connectivity index is 2.22. The number of carboxylic acid groups (broad SMARTS) is 1. The number of hydrogen-bond acceptors (Lipinski definition) is 3. The molecule has 0 fully saturated rings. The van der Waals surface area contributed by atoms with Gasteiger partial charge in [0.25, 0.3) is 0 Å². The van der Waals surface area contributed by atoms with Gasteiger partial charge in [-0.15, -0.1) is 0 Å². The van der Waals surface area contributed by atoms with Gasteiger partial charge in [0.15, 0.2) is 5.15 Å². The molecule has 0 saturated carbocycles. The summed E-state index contributed by atoms with van der Waals surface area (Å²) in [6.07, 6.45) is 0. The molecule has 0 unspecified atom stereocenters. The molecule has 0 aliphatic carbocycles. The summed E-state index contributed by atoms with van der Waals surface area (Å²) < 4.78 is 1.33. The molecule has 0 aliphatic heterocycles. The van der Waals surface area contributed by atoms with E-state index >= 15 is 0 Å². The number of H-pyrrole nitrogens is 1. The lowest BCUT2D eigenvalue weighted by molar-refractivity contribution is 0.0695. The van der Waals surface area contributed by atoms with Crippen LogP contribution in [0.25, 0.3) is 17.0 Å². The Hall–Kier alpha value is -2.34. The van der Waals surface area contributed by atoms with Crippen LogP contribution in [0.4, 0.5) is 0 Å². The fraction of sp³-hybridized carbons (Fsp3) is 0.214. The van der Waals surface area contributed by atoms with Crippen LogP contribution in [-0.4, -0.2) is 30.8 Å². The molecule has 0 saturated heterocycles. The van der Waals surface area contributed by atoms with Gasteiger partial charge in [0.2, 0.25) is 5.95 Å². The van der Waals surface area contributed by atoms with Crippen LogP contribution >= 0.6 is 11.6 Å². The minimum atomic E-state index is -1.09. The van der Waals surface area contributed by atoms with E-state index in [0.717, 1.165) is 11.0 Å². The highest BCUT2D eigenvalue weighted by Gasteiger charge is 2.25. The maximum atomic E-state index is 11.4. The van der Waals surface area contributed by atoms with E-state index in [1.807, 2.05) is 38.1 Å². The lowest BCUT2D eigenvalue weighted by atomic mass is 10.1. The van der Waals surface area contributed by atoms with Crippen molar-refractivity contribution in [1.82, 2.24) is 19.7 Å². The molecule has 7 heteroatoms. The number of benzene rings is 1. The zero-order valence-corrected chi connectivity index (χ0v) is 12.2. The largest absolute Gasteiger partial charge is 0.478 e. The van der Waals surface area contributed by atoms with Crippen LogP contribution in [0.15, 0.2) is 24.3 Å². The highest BCUT2D eigenvalue weighted by Crippen LogP contribution is 2.28. The van der Waals surface area contributed by atoms with Gasteiger partial charge in [0.05, 0.1) is 16.7 Å². The normalized spacial score (nSPS) is 11.4. The van der Waals surface area contributed by atoms with E-state index in [9.17, 15) is 9.90 Å². The predicted molar refractivity (Wildman–Crippen MR) is 79.3 cm³/mol. The molecule has 2 heterocycles. The summed E-state index contributed by atoms with van der Waals surface area (Å²) in [6, 6.07) is 7.50. The predicted octanol–water partition coefficient (Wildman–Crippen LogP) is 3.22. The van der Waals surface area contributed by atoms with Crippen molar-refractivity contribution in [3.8, 4) is 5.95 Å². The van der Waals surface area contributed by atoms with Crippen molar-refractivity contribution >= 4 is 28.6 Å². The molecule has 0 atom stereocenters. The number of aromatic nitrogens is 4. The van der Waals surface area contributed by atoms with Crippen molar-refractivity contribution in [3.63, 3.8) is 0 Å². The number of fused-ring (bicyclic) bond motifs is 1. The van der Waals surface area contributed by atoms with Crippen LogP contribution in [0.5, 0.6) is 0 Å². The molecule has 0 radical (unpaired) electrons. The standard InChI is InChI=1S/C14H13ClN4O2/c1-7(2)11-10(13(20)21)12(15)19(18-11)14-16-8-5-3-4-6-9(8)17-14/h3-7H,1-2H3,(H,16,17)(H,20,21). The average Bonchev–Trinajstić information content (AvgIpc) is 2.98. The number of hydrogen-bond donors (Lipinski definition) is 2. The third kappa shape index (κ3) is 2.17. The van der Waals surface area contributed by atoms with Gasteiger partial charge in [-0.2, -0.15) is 9.78 Å². The third-order valence-electron chi connectivity index (χ3n) is 3.19. The number of nitrogens with one attached hydrogen (secondary N) is 1. The molecular weight excluding hydrogens is 292 g/mol. The molecule has 0 bridgehead atoms. The molecule has 3 rings (SSSR count).